The second kappa shape index (κ2) is 5.97. The normalized spacial score (nSPS) is 20.0. The fraction of sp³-hybridized carbons (Fsp3) is 0.667. The van der Waals surface area contributed by atoms with Gasteiger partial charge >= 0.3 is 0 Å². The molecule has 2 aromatic heterocycles. The standard InChI is InChI=1S/C15H24N6/c1-4-16-14-12-9-17-20(3)15(12)19-13(18-14)10-21-8-6-5-7-11(21)2/h9,11H,4-8,10H2,1-3H3,(H,16,18,19). The molecule has 1 unspecified atom stereocenters. The van der Waals surface area contributed by atoms with E-state index in [0.717, 1.165) is 42.3 Å². The number of fused-ring (bicyclic) bond motifs is 1. The molecule has 1 saturated heterocycles. The molecule has 3 heterocycles. The molecule has 1 aliphatic heterocycles. The van der Waals surface area contributed by atoms with E-state index in [1.807, 2.05) is 17.9 Å². The highest BCUT2D eigenvalue weighted by atomic mass is 15.3. The molecule has 0 aliphatic carbocycles. The molecule has 0 radical (unpaired) electrons. The lowest BCUT2D eigenvalue weighted by Crippen LogP contribution is -2.37. The summed E-state index contributed by atoms with van der Waals surface area (Å²) in [6.45, 7) is 7.19. The van der Waals surface area contributed by atoms with Gasteiger partial charge in [-0.15, -0.1) is 0 Å². The van der Waals surface area contributed by atoms with Gasteiger partial charge in [-0.1, -0.05) is 6.42 Å². The maximum atomic E-state index is 4.72. The summed E-state index contributed by atoms with van der Waals surface area (Å²) in [5.74, 6) is 1.78. The molecular weight excluding hydrogens is 264 g/mol. The quantitative estimate of drug-likeness (QED) is 0.934. The molecule has 0 bridgehead atoms. The third-order valence-corrected chi connectivity index (χ3v) is 4.27. The molecule has 0 saturated carbocycles. The number of piperidine rings is 1. The molecule has 1 aliphatic rings. The third-order valence-electron chi connectivity index (χ3n) is 4.27. The van der Waals surface area contributed by atoms with E-state index < -0.39 is 0 Å². The van der Waals surface area contributed by atoms with Gasteiger partial charge in [0.2, 0.25) is 0 Å². The predicted molar refractivity (Wildman–Crippen MR) is 84.2 cm³/mol. The van der Waals surface area contributed by atoms with Gasteiger partial charge in [0.1, 0.15) is 11.6 Å². The van der Waals surface area contributed by atoms with Crippen LogP contribution < -0.4 is 5.32 Å². The van der Waals surface area contributed by atoms with Gasteiger partial charge in [-0.05, 0) is 33.2 Å². The number of aryl methyl sites for hydroxylation is 1. The highest BCUT2D eigenvalue weighted by Gasteiger charge is 2.20. The summed E-state index contributed by atoms with van der Waals surface area (Å²) in [5, 5.41) is 8.63. The molecule has 21 heavy (non-hydrogen) atoms. The van der Waals surface area contributed by atoms with Crippen LogP contribution in [0.3, 0.4) is 0 Å². The third kappa shape index (κ3) is 2.85. The van der Waals surface area contributed by atoms with E-state index >= 15 is 0 Å². The van der Waals surface area contributed by atoms with Crippen LogP contribution in [-0.4, -0.2) is 43.8 Å². The van der Waals surface area contributed by atoms with E-state index in [1.54, 1.807) is 0 Å². The Kier molecular flexibility index (Phi) is 4.05. The molecule has 0 amide bonds. The summed E-state index contributed by atoms with van der Waals surface area (Å²) in [6, 6.07) is 0.618. The Morgan fingerprint density at radius 2 is 2.19 bits per heavy atom. The van der Waals surface area contributed by atoms with Crippen molar-refractivity contribution < 1.29 is 0 Å². The number of aromatic nitrogens is 4. The van der Waals surface area contributed by atoms with Gasteiger partial charge in [0.25, 0.3) is 0 Å². The van der Waals surface area contributed by atoms with Gasteiger partial charge in [-0.25, -0.2) is 9.97 Å². The lowest BCUT2D eigenvalue weighted by molar-refractivity contribution is 0.149. The molecule has 6 nitrogen and oxygen atoms in total. The van der Waals surface area contributed by atoms with Crippen molar-refractivity contribution in [3.63, 3.8) is 0 Å². The first-order valence-electron chi connectivity index (χ1n) is 7.85. The number of hydrogen-bond donors (Lipinski definition) is 1. The topological polar surface area (TPSA) is 58.9 Å². The van der Waals surface area contributed by atoms with Crippen molar-refractivity contribution in [1.82, 2.24) is 24.6 Å². The first-order valence-corrected chi connectivity index (χ1v) is 7.85. The largest absolute Gasteiger partial charge is 0.370 e. The summed E-state index contributed by atoms with van der Waals surface area (Å²) in [4.78, 5) is 11.9. The molecular formula is C15H24N6. The lowest BCUT2D eigenvalue weighted by atomic mass is 10.0. The van der Waals surface area contributed by atoms with E-state index in [2.05, 4.69) is 29.2 Å². The van der Waals surface area contributed by atoms with Crippen LogP contribution >= 0.6 is 0 Å². The molecule has 2 aromatic rings. The van der Waals surface area contributed by atoms with Crippen LogP contribution in [0.1, 0.15) is 38.9 Å². The zero-order valence-corrected chi connectivity index (χ0v) is 13.1. The molecule has 6 heteroatoms. The molecule has 1 N–H and O–H groups in total. The van der Waals surface area contributed by atoms with Gasteiger partial charge in [0.05, 0.1) is 18.1 Å². The van der Waals surface area contributed by atoms with E-state index in [4.69, 9.17) is 9.97 Å². The average molecular weight is 288 g/mol. The summed E-state index contributed by atoms with van der Waals surface area (Å²) in [5.41, 5.74) is 0.903. The fourth-order valence-electron chi connectivity index (χ4n) is 3.01. The highest BCUT2D eigenvalue weighted by Crippen LogP contribution is 2.22. The highest BCUT2D eigenvalue weighted by molar-refractivity contribution is 5.86. The molecule has 1 atom stereocenters. The van der Waals surface area contributed by atoms with Crippen molar-refractivity contribution in [3.8, 4) is 0 Å². The second-order valence-electron chi connectivity index (χ2n) is 5.84. The SMILES string of the molecule is CCNc1nc(CN2CCCCC2C)nc2c1cnn2C. The number of hydrogen-bond acceptors (Lipinski definition) is 5. The van der Waals surface area contributed by atoms with E-state index in [0.29, 0.717) is 6.04 Å². The maximum absolute atomic E-state index is 4.72. The van der Waals surface area contributed by atoms with Gasteiger partial charge in [-0.2, -0.15) is 5.10 Å². The van der Waals surface area contributed by atoms with Gasteiger partial charge < -0.3 is 5.32 Å². The minimum absolute atomic E-state index is 0.618. The minimum Gasteiger partial charge on any atom is -0.370 e. The summed E-state index contributed by atoms with van der Waals surface area (Å²) < 4.78 is 1.82. The van der Waals surface area contributed by atoms with Gasteiger partial charge in [-0.3, -0.25) is 9.58 Å². The molecule has 1 fully saturated rings. The monoisotopic (exact) mass is 288 g/mol. The van der Waals surface area contributed by atoms with E-state index in [9.17, 15) is 0 Å². The van der Waals surface area contributed by atoms with Crippen molar-refractivity contribution in [2.24, 2.45) is 7.05 Å². The molecule has 3 rings (SSSR count). The van der Waals surface area contributed by atoms with Crippen LogP contribution in [0, 0.1) is 0 Å². The summed E-state index contributed by atoms with van der Waals surface area (Å²) >= 11 is 0. The first-order chi connectivity index (χ1) is 10.2. The Hall–Kier alpha value is -1.69. The maximum Gasteiger partial charge on any atom is 0.163 e. The molecule has 0 spiro atoms. The van der Waals surface area contributed by atoms with Gasteiger partial charge in [0.15, 0.2) is 5.65 Å². The summed E-state index contributed by atoms with van der Waals surface area (Å²) in [6.07, 6.45) is 5.72. The van der Waals surface area contributed by atoms with Crippen LogP contribution in [0.2, 0.25) is 0 Å². The second-order valence-corrected chi connectivity index (χ2v) is 5.84. The predicted octanol–water partition coefficient (Wildman–Crippen LogP) is 2.17. The smallest absolute Gasteiger partial charge is 0.163 e. The van der Waals surface area contributed by atoms with Crippen molar-refractivity contribution in [3.05, 3.63) is 12.0 Å². The Bertz CT molecular complexity index is 620. The lowest BCUT2D eigenvalue weighted by Gasteiger charge is -2.32. The van der Waals surface area contributed by atoms with Crippen molar-refractivity contribution in [2.75, 3.05) is 18.4 Å². The number of likely N-dealkylation sites (tertiary alicyclic amines) is 1. The molecule has 114 valence electrons. The van der Waals surface area contributed by atoms with Crippen molar-refractivity contribution in [2.45, 2.75) is 45.7 Å². The van der Waals surface area contributed by atoms with Gasteiger partial charge in [0, 0.05) is 19.6 Å². The van der Waals surface area contributed by atoms with Crippen LogP contribution in [0.5, 0.6) is 0 Å². The average Bonchev–Trinajstić information content (AvgIpc) is 2.84. The van der Waals surface area contributed by atoms with Crippen LogP contribution in [0.15, 0.2) is 6.20 Å². The number of anilines is 1. The van der Waals surface area contributed by atoms with Crippen LogP contribution in [0.4, 0.5) is 5.82 Å². The zero-order valence-electron chi connectivity index (χ0n) is 13.1. The van der Waals surface area contributed by atoms with Crippen molar-refractivity contribution >= 4 is 16.9 Å². The summed E-state index contributed by atoms with van der Waals surface area (Å²) in [7, 11) is 1.93. The Balaban J connectivity index is 1.92. The Labute approximate surface area is 125 Å². The Morgan fingerprint density at radius 1 is 1.33 bits per heavy atom. The Morgan fingerprint density at radius 3 is 2.95 bits per heavy atom. The number of rotatable bonds is 4. The molecule has 0 aromatic carbocycles. The number of nitrogens with zero attached hydrogens (tertiary/aromatic N) is 5. The van der Waals surface area contributed by atoms with Crippen LogP contribution in [-0.2, 0) is 13.6 Å². The first kappa shape index (κ1) is 14.3. The number of nitrogens with one attached hydrogen (secondary N) is 1. The van der Waals surface area contributed by atoms with Crippen LogP contribution in [0.25, 0.3) is 11.0 Å². The van der Waals surface area contributed by atoms with E-state index in [-0.39, 0.29) is 0 Å². The minimum atomic E-state index is 0.618. The fourth-order valence-corrected chi connectivity index (χ4v) is 3.01. The van der Waals surface area contributed by atoms with E-state index in [1.165, 1.54) is 19.3 Å². The zero-order chi connectivity index (χ0) is 14.8. The van der Waals surface area contributed by atoms with Crippen molar-refractivity contribution in [1.29, 1.82) is 0 Å².